The van der Waals surface area contributed by atoms with Crippen molar-refractivity contribution in [2.75, 3.05) is 5.32 Å². The van der Waals surface area contributed by atoms with Crippen LogP contribution in [0.1, 0.15) is 11.1 Å². The molecule has 0 atom stereocenters. The Morgan fingerprint density at radius 1 is 1.11 bits per heavy atom. The topological polar surface area (TPSA) is 29.1 Å². The average Bonchev–Trinajstić information content (AvgIpc) is 2.41. The van der Waals surface area contributed by atoms with Gasteiger partial charge in [-0.3, -0.25) is 4.79 Å². The third kappa shape index (κ3) is 4.37. The van der Waals surface area contributed by atoms with Gasteiger partial charge in [0.25, 0.3) is 0 Å². The van der Waals surface area contributed by atoms with Gasteiger partial charge in [0.1, 0.15) is 0 Å². The second-order valence-corrected chi connectivity index (χ2v) is 5.18. The van der Waals surface area contributed by atoms with E-state index < -0.39 is 0 Å². The Bertz CT molecular complexity index is 569. The molecule has 0 aliphatic carbocycles. The molecule has 2 aromatic carbocycles. The first-order valence-corrected chi connectivity index (χ1v) is 7.36. The zero-order chi connectivity index (χ0) is 13.7. The molecule has 0 fully saturated rings. The molecule has 19 heavy (non-hydrogen) atoms. The summed E-state index contributed by atoms with van der Waals surface area (Å²) in [6, 6.07) is 15.1. The number of nitrogens with one attached hydrogen (secondary N) is 1. The lowest BCUT2D eigenvalue weighted by Gasteiger charge is -2.06. The highest BCUT2D eigenvalue weighted by Crippen LogP contribution is 2.14. The molecule has 0 heterocycles. The van der Waals surface area contributed by atoms with Gasteiger partial charge in [0.05, 0.1) is 6.42 Å². The number of alkyl halides is 1. The Labute approximate surface area is 125 Å². The van der Waals surface area contributed by atoms with Crippen LogP contribution in [0.5, 0.6) is 0 Å². The summed E-state index contributed by atoms with van der Waals surface area (Å²) in [5, 5.41) is 4.33. The predicted octanol–water partition coefficient (Wildman–Crippen LogP) is 4.42. The largest absolute Gasteiger partial charge is 0.326 e. The van der Waals surface area contributed by atoms with Gasteiger partial charge < -0.3 is 5.32 Å². The van der Waals surface area contributed by atoms with E-state index in [1.807, 2.05) is 36.4 Å². The SMILES string of the molecule is O=C(Cc1ccc(Cl)cc1)Nc1cccc(CBr)c1. The lowest BCUT2D eigenvalue weighted by Crippen LogP contribution is -2.14. The van der Waals surface area contributed by atoms with E-state index in [4.69, 9.17) is 11.6 Å². The molecule has 4 heteroatoms. The molecule has 1 N–H and O–H groups in total. The van der Waals surface area contributed by atoms with Crippen LogP contribution >= 0.6 is 27.5 Å². The number of benzene rings is 2. The first-order valence-electron chi connectivity index (χ1n) is 5.86. The highest BCUT2D eigenvalue weighted by molar-refractivity contribution is 9.08. The molecule has 0 aliphatic heterocycles. The summed E-state index contributed by atoms with van der Waals surface area (Å²) < 4.78 is 0. The molecular weight excluding hydrogens is 326 g/mol. The Balaban J connectivity index is 1.99. The first-order chi connectivity index (χ1) is 9.17. The normalized spacial score (nSPS) is 10.2. The number of hydrogen-bond donors (Lipinski definition) is 1. The van der Waals surface area contributed by atoms with Crippen LogP contribution in [-0.4, -0.2) is 5.91 Å². The number of carbonyl (C=O) groups is 1. The molecule has 0 bridgehead atoms. The van der Waals surface area contributed by atoms with E-state index in [1.54, 1.807) is 12.1 Å². The molecule has 0 saturated heterocycles. The van der Waals surface area contributed by atoms with Crippen LogP contribution in [0.2, 0.25) is 5.02 Å². The predicted molar refractivity (Wildman–Crippen MR) is 82.9 cm³/mol. The van der Waals surface area contributed by atoms with Crippen molar-refractivity contribution in [2.24, 2.45) is 0 Å². The fourth-order valence-corrected chi connectivity index (χ4v) is 2.20. The average molecular weight is 339 g/mol. The van der Waals surface area contributed by atoms with Crippen LogP contribution in [0.25, 0.3) is 0 Å². The molecule has 2 aromatic rings. The summed E-state index contributed by atoms with van der Waals surface area (Å²) in [6.45, 7) is 0. The Hall–Kier alpha value is -1.32. The molecule has 0 aliphatic rings. The van der Waals surface area contributed by atoms with Gasteiger partial charge in [-0.25, -0.2) is 0 Å². The second kappa shape index (κ2) is 6.73. The number of amides is 1. The molecule has 2 rings (SSSR count). The maximum atomic E-state index is 11.9. The molecule has 2 nitrogen and oxygen atoms in total. The number of rotatable bonds is 4. The summed E-state index contributed by atoms with van der Waals surface area (Å²) in [5.41, 5.74) is 2.89. The molecule has 0 unspecified atom stereocenters. The van der Waals surface area contributed by atoms with Gasteiger partial charge in [-0.15, -0.1) is 0 Å². The lowest BCUT2D eigenvalue weighted by atomic mass is 10.1. The molecule has 0 radical (unpaired) electrons. The summed E-state index contributed by atoms with van der Waals surface area (Å²) in [5.74, 6) is -0.0333. The summed E-state index contributed by atoms with van der Waals surface area (Å²) in [4.78, 5) is 11.9. The molecule has 0 saturated carbocycles. The first kappa shape index (κ1) is 14.1. The van der Waals surface area contributed by atoms with Crippen molar-refractivity contribution in [2.45, 2.75) is 11.8 Å². The molecule has 0 spiro atoms. The van der Waals surface area contributed by atoms with E-state index in [9.17, 15) is 4.79 Å². The van der Waals surface area contributed by atoms with Crippen LogP contribution in [0.4, 0.5) is 5.69 Å². The molecule has 98 valence electrons. The van der Waals surface area contributed by atoms with E-state index in [0.717, 1.165) is 22.1 Å². The van der Waals surface area contributed by atoms with Gasteiger partial charge >= 0.3 is 0 Å². The monoisotopic (exact) mass is 337 g/mol. The zero-order valence-corrected chi connectivity index (χ0v) is 12.5. The van der Waals surface area contributed by atoms with Crippen LogP contribution in [-0.2, 0) is 16.5 Å². The minimum absolute atomic E-state index is 0.0333. The van der Waals surface area contributed by atoms with Gasteiger partial charge in [-0.05, 0) is 35.4 Å². The third-order valence-electron chi connectivity index (χ3n) is 2.64. The number of carbonyl (C=O) groups excluding carboxylic acids is 1. The van der Waals surface area contributed by atoms with Crippen molar-refractivity contribution in [3.8, 4) is 0 Å². The quantitative estimate of drug-likeness (QED) is 0.822. The Morgan fingerprint density at radius 3 is 2.53 bits per heavy atom. The highest BCUT2D eigenvalue weighted by atomic mass is 79.9. The molecular formula is C15H13BrClNO. The fourth-order valence-electron chi connectivity index (χ4n) is 1.73. The fraction of sp³-hybridized carbons (Fsp3) is 0.133. The maximum Gasteiger partial charge on any atom is 0.228 e. The van der Waals surface area contributed by atoms with Crippen molar-refractivity contribution in [3.05, 3.63) is 64.7 Å². The number of hydrogen-bond acceptors (Lipinski definition) is 1. The van der Waals surface area contributed by atoms with Crippen molar-refractivity contribution in [3.63, 3.8) is 0 Å². The van der Waals surface area contributed by atoms with E-state index in [-0.39, 0.29) is 5.91 Å². The zero-order valence-electron chi connectivity index (χ0n) is 10.2. The third-order valence-corrected chi connectivity index (χ3v) is 3.54. The Morgan fingerprint density at radius 2 is 1.84 bits per heavy atom. The highest BCUT2D eigenvalue weighted by Gasteiger charge is 2.04. The minimum atomic E-state index is -0.0333. The van der Waals surface area contributed by atoms with E-state index in [0.29, 0.717) is 11.4 Å². The molecule has 0 aromatic heterocycles. The molecule has 1 amide bonds. The summed E-state index contributed by atoms with van der Waals surface area (Å²) in [6.07, 6.45) is 0.343. The van der Waals surface area contributed by atoms with Crippen molar-refractivity contribution in [1.29, 1.82) is 0 Å². The summed E-state index contributed by atoms with van der Waals surface area (Å²) in [7, 11) is 0. The van der Waals surface area contributed by atoms with E-state index in [2.05, 4.69) is 21.2 Å². The minimum Gasteiger partial charge on any atom is -0.326 e. The van der Waals surface area contributed by atoms with Crippen LogP contribution < -0.4 is 5.32 Å². The Kier molecular flexibility index (Phi) is 5.00. The maximum absolute atomic E-state index is 11.9. The van der Waals surface area contributed by atoms with Crippen LogP contribution in [0.15, 0.2) is 48.5 Å². The van der Waals surface area contributed by atoms with Gasteiger partial charge in [-0.1, -0.05) is 51.8 Å². The van der Waals surface area contributed by atoms with Gasteiger partial charge in [0.2, 0.25) is 5.91 Å². The summed E-state index contributed by atoms with van der Waals surface area (Å²) >= 11 is 9.20. The van der Waals surface area contributed by atoms with E-state index >= 15 is 0 Å². The van der Waals surface area contributed by atoms with E-state index in [1.165, 1.54) is 0 Å². The van der Waals surface area contributed by atoms with Crippen molar-refractivity contribution >= 4 is 39.1 Å². The number of anilines is 1. The standard InChI is InChI=1S/C15H13BrClNO/c16-10-12-2-1-3-14(8-12)18-15(19)9-11-4-6-13(17)7-5-11/h1-8H,9-10H2,(H,18,19). The van der Waals surface area contributed by atoms with Crippen molar-refractivity contribution in [1.82, 2.24) is 0 Å². The van der Waals surface area contributed by atoms with Gasteiger partial charge in [0.15, 0.2) is 0 Å². The van der Waals surface area contributed by atoms with Crippen LogP contribution in [0, 0.1) is 0 Å². The van der Waals surface area contributed by atoms with Crippen LogP contribution in [0.3, 0.4) is 0 Å². The number of halogens is 2. The lowest BCUT2D eigenvalue weighted by molar-refractivity contribution is -0.115. The smallest absolute Gasteiger partial charge is 0.228 e. The second-order valence-electron chi connectivity index (χ2n) is 4.19. The van der Waals surface area contributed by atoms with Crippen molar-refractivity contribution < 1.29 is 4.79 Å². The van der Waals surface area contributed by atoms with Gasteiger partial charge in [0, 0.05) is 16.0 Å². The van der Waals surface area contributed by atoms with Gasteiger partial charge in [-0.2, -0.15) is 0 Å².